The van der Waals surface area contributed by atoms with Gasteiger partial charge in [0, 0.05) is 31.1 Å². The van der Waals surface area contributed by atoms with Gasteiger partial charge in [0.05, 0.1) is 12.2 Å². The van der Waals surface area contributed by atoms with Crippen LogP contribution in [-0.4, -0.2) is 47.4 Å². The number of ketones is 1. The number of hydrogen-bond donors (Lipinski definition) is 2. The summed E-state index contributed by atoms with van der Waals surface area (Å²) in [6.45, 7) is 2.25. The van der Waals surface area contributed by atoms with Gasteiger partial charge in [0.25, 0.3) is 5.91 Å². The van der Waals surface area contributed by atoms with Gasteiger partial charge in [0.1, 0.15) is 0 Å². The van der Waals surface area contributed by atoms with E-state index in [0.29, 0.717) is 12.4 Å². The third kappa shape index (κ3) is 2.49. The van der Waals surface area contributed by atoms with Gasteiger partial charge in [-0.15, -0.1) is 0 Å². The van der Waals surface area contributed by atoms with Crippen molar-refractivity contribution in [2.75, 3.05) is 18.6 Å². The van der Waals surface area contributed by atoms with Crippen molar-refractivity contribution in [1.82, 2.24) is 10.2 Å². The number of fused-ring (bicyclic) bond motifs is 1. The zero-order valence-corrected chi connectivity index (χ0v) is 12.8. The Kier molecular flexibility index (Phi) is 3.65. The summed E-state index contributed by atoms with van der Waals surface area (Å²) in [6, 6.07) is 3.74. The normalized spacial score (nSPS) is 23.9. The van der Waals surface area contributed by atoms with Crippen molar-refractivity contribution in [2.24, 2.45) is 0 Å². The van der Waals surface area contributed by atoms with E-state index < -0.39 is 12.0 Å². The van der Waals surface area contributed by atoms with Crippen LogP contribution in [-0.2, 0) is 9.59 Å². The lowest BCUT2D eigenvalue weighted by molar-refractivity contribution is -0.134. The van der Waals surface area contributed by atoms with E-state index in [4.69, 9.17) is 5.11 Å². The van der Waals surface area contributed by atoms with Crippen LogP contribution in [0, 0.1) is 0 Å². The van der Waals surface area contributed by atoms with E-state index in [-0.39, 0.29) is 23.3 Å². The summed E-state index contributed by atoms with van der Waals surface area (Å²) in [5.41, 5.74) is 1.64. The van der Waals surface area contributed by atoms with E-state index in [0.717, 1.165) is 5.56 Å². The number of carbonyl (C=O) groups excluding carboxylic acids is 2. The maximum atomic E-state index is 12.4. The molecule has 2 aliphatic heterocycles. The molecule has 0 bridgehead atoms. The summed E-state index contributed by atoms with van der Waals surface area (Å²) in [7, 11) is 1.60. The van der Waals surface area contributed by atoms with Gasteiger partial charge >= 0.3 is 5.97 Å². The molecular weight excluding hydrogens is 298 g/mol. The van der Waals surface area contributed by atoms with E-state index in [1.54, 1.807) is 24.1 Å². The summed E-state index contributed by atoms with van der Waals surface area (Å²) in [5, 5.41) is 12.3. The third-order valence-corrected chi connectivity index (χ3v) is 4.24. The number of likely N-dealkylation sites (N-methyl/N-ethyl adjacent to an activating group) is 1. The summed E-state index contributed by atoms with van der Waals surface area (Å²) in [4.78, 5) is 38.8. The molecule has 2 heterocycles. The maximum Gasteiger partial charge on any atom is 0.335 e. The molecule has 0 radical (unpaired) electrons. The highest BCUT2D eigenvalue weighted by molar-refractivity contribution is 6.15. The number of anilines is 1. The maximum absolute atomic E-state index is 12.4. The molecule has 0 fully saturated rings. The van der Waals surface area contributed by atoms with E-state index in [1.165, 1.54) is 23.2 Å². The molecule has 2 N–H and O–H groups in total. The van der Waals surface area contributed by atoms with Crippen molar-refractivity contribution in [3.05, 3.63) is 41.6 Å². The molecule has 2 unspecified atom stereocenters. The molecule has 1 aromatic rings. The topological polar surface area (TPSA) is 90.0 Å². The highest BCUT2D eigenvalue weighted by Gasteiger charge is 2.38. The van der Waals surface area contributed by atoms with Gasteiger partial charge < -0.3 is 14.9 Å². The predicted octanol–water partition coefficient (Wildman–Crippen LogP) is 0.736. The van der Waals surface area contributed by atoms with Gasteiger partial charge in [0.15, 0.2) is 11.8 Å². The molecule has 7 nitrogen and oxygen atoms in total. The van der Waals surface area contributed by atoms with Crippen LogP contribution in [0.3, 0.4) is 0 Å². The molecule has 120 valence electrons. The molecule has 0 saturated heterocycles. The van der Waals surface area contributed by atoms with Crippen LogP contribution < -0.4 is 10.2 Å². The Labute approximate surface area is 133 Å². The number of rotatable bonds is 2. The number of nitrogens with zero attached hydrogens (tertiary/aromatic N) is 2. The SMILES string of the molecule is CC1NCN(C2C(=O)C=CN(C)C2=O)c2ccc(C(=O)O)cc21. The van der Waals surface area contributed by atoms with Crippen molar-refractivity contribution in [1.29, 1.82) is 0 Å². The van der Waals surface area contributed by atoms with Crippen molar-refractivity contribution < 1.29 is 19.5 Å². The lowest BCUT2D eigenvalue weighted by Gasteiger charge is -2.40. The fourth-order valence-corrected chi connectivity index (χ4v) is 2.91. The van der Waals surface area contributed by atoms with Gasteiger partial charge in [0.2, 0.25) is 0 Å². The minimum atomic E-state index is -1.01. The first-order valence-electron chi connectivity index (χ1n) is 7.26. The molecule has 1 amide bonds. The van der Waals surface area contributed by atoms with Crippen LogP contribution in [0.2, 0.25) is 0 Å². The van der Waals surface area contributed by atoms with E-state index in [1.807, 2.05) is 6.92 Å². The predicted molar refractivity (Wildman–Crippen MR) is 83.0 cm³/mol. The van der Waals surface area contributed by atoms with Crippen LogP contribution in [0.1, 0.15) is 28.9 Å². The largest absolute Gasteiger partial charge is 0.478 e. The zero-order valence-electron chi connectivity index (χ0n) is 12.8. The first kappa shape index (κ1) is 15.2. The van der Waals surface area contributed by atoms with Crippen LogP contribution in [0.15, 0.2) is 30.5 Å². The first-order valence-corrected chi connectivity index (χ1v) is 7.26. The molecule has 3 rings (SSSR count). The van der Waals surface area contributed by atoms with Gasteiger partial charge in [-0.05, 0) is 30.7 Å². The van der Waals surface area contributed by atoms with Crippen LogP contribution in [0.5, 0.6) is 0 Å². The number of aromatic carboxylic acids is 1. The standard InChI is InChI=1S/C16H17N3O4/c1-9-11-7-10(16(22)23)3-4-12(11)19(8-17-9)14-13(20)5-6-18(2)15(14)21/h3-7,9,14,17H,8H2,1-2H3,(H,22,23). The van der Waals surface area contributed by atoms with Crippen LogP contribution in [0.4, 0.5) is 5.69 Å². The molecule has 0 spiro atoms. The lowest BCUT2D eigenvalue weighted by atomic mass is 9.97. The molecule has 0 saturated carbocycles. The minimum absolute atomic E-state index is 0.0670. The Morgan fingerprint density at radius 3 is 2.78 bits per heavy atom. The summed E-state index contributed by atoms with van der Waals surface area (Å²) in [6.07, 6.45) is 2.84. The number of benzene rings is 1. The number of carboxylic acid groups (broad SMARTS) is 1. The molecule has 2 atom stereocenters. The molecule has 2 aliphatic rings. The Bertz CT molecular complexity index is 728. The highest BCUT2D eigenvalue weighted by Crippen LogP contribution is 2.33. The molecule has 1 aromatic carbocycles. The molecule has 0 aliphatic carbocycles. The fourth-order valence-electron chi connectivity index (χ4n) is 2.91. The van der Waals surface area contributed by atoms with E-state index in [9.17, 15) is 14.4 Å². The number of carboxylic acids is 1. The molecule has 0 aromatic heterocycles. The number of hydrogen-bond acceptors (Lipinski definition) is 5. The van der Waals surface area contributed by atoms with Gasteiger partial charge in [-0.25, -0.2) is 4.79 Å². The second-order valence-corrected chi connectivity index (χ2v) is 5.70. The second kappa shape index (κ2) is 5.51. The van der Waals surface area contributed by atoms with Gasteiger partial charge in [-0.2, -0.15) is 0 Å². The Balaban J connectivity index is 2.05. The van der Waals surface area contributed by atoms with Gasteiger partial charge in [-0.3, -0.25) is 14.9 Å². The van der Waals surface area contributed by atoms with E-state index in [2.05, 4.69) is 5.32 Å². The smallest absolute Gasteiger partial charge is 0.335 e. The molecular formula is C16H17N3O4. The number of amides is 1. The highest BCUT2D eigenvalue weighted by atomic mass is 16.4. The van der Waals surface area contributed by atoms with Crippen molar-refractivity contribution in [3.8, 4) is 0 Å². The fraction of sp³-hybridized carbons (Fsp3) is 0.312. The lowest BCUT2D eigenvalue weighted by Crippen LogP contribution is -2.57. The third-order valence-electron chi connectivity index (χ3n) is 4.24. The summed E-state index contributed by atoms with van der Waals surface area (Å²) < 4.78 is 0. The van der Waals surface area contributed by atoms with Crippen molar-refractivity contribution >= 4 is 23.3 Å². The first-order chi connectivity index (χ1) is 10.9. The Morgan fingerprint density at radius 2 is 2.09 bits per heavy atom. The monoisotopic (exact) mass is 315 g/mol. The van der Waals surface area contributed by atoms with Crippen LogP contribution >= 0.6 is 0 Å². The average molecular weight is 315 g/mol. The second-order valence-electron chi connectivity index (χ2n) is 5.70. The van der Waals surface area contributed by atoms with E-state index >= 15 is 0 Å². The Morgan fingerprint density at radius 1 is 1.35 bits per heavy atom. The average Bonchev–Trinajstić information content (AvgIpc) is 2.53. The zero-order chi connectivity index (χ0) is 16.7. The number of nitrogens with one attached hydrogen (secondary N) is 1. The Hall–Kier alpha value is -2.67. The van der Waals surface area contributed by atoms with Crippen LogP contribution in [0.25, 0.3) is 0 Å². The summed E-state index contributed by atoms with van der Waals surface area (Å²) in [5.74, 6) is -1.59. The minimum Gasteiger partial charge on any atom is -0.478 e. The molecule has 7 heteroatoms. The quantitative estimate of drug-likeness (QED) is 0.782. The van der Waals surface area contributed by atoms with Crippen molar-refractivity contribution in [2.45, 2.75) is 19.0 Å². The molecule has 23 heavy (non-hydrogen) atoms. The van der Waals surface area contributed by atoms with Gasteiger partial charge in [-0.1, -0.05) is 0 Å². The number of carbonyl (C=O) groups is 3. The van der Waals surface area contributed by atoms with Crippen molar-refractivity contribution in [3.63, 3.8) is 0 Å². The summed E-state index contributed by atoms with van der Waals surface area (Å²) >= 11 is 0.